The Balaban J connectivity index is 1.56. The lowest BCUT2D eigenvalue weighted by molar-refractivity contribution is -0.142. The molecular weight excluding hydrogens is 322 g/mol. The van der Waals surface area contributed by atoms with Gasteiger partial charge in [0, 0.05) is 19.0 Å². The van der Waals surface area contributed by atoms with Gasteiger partial charge in [-0.05, 0) is 30.7 Å². The minimum Gasteiger partial charge on any atom is -0.480 e. The molecule has 2 aliphatic rings. The van der Waals surface area contributed by atoms with Crippen molar-refractivity contribution in [3.8, 4) is 0 Å². The van der Waals surface area contributed by atoms with E-state index in [1.807, 2.05) is 30.3 Å². The number of hydrogen-bond donors (Lipinski definition) is 4. The topological polar surface area (TPSA) is 108 Å². The second kappa shape index (κ2) is 7.65. The van der Waals surface area contributed by atoms with Crippen LogP contribution in [0.3, 0.4) is 0 Å². The van der Waals surface area contributed by atoms with E-state index in [-0.39, 0.29) is 30.1 Å². The first-order chi connectivity index (χ1) is 12.0. The highest BCUT2D eigenvalue weighted by Crippen LogP contribution is 2.25. The molecule has 0 unspecified atom stereocenters. The lowest BCUT2D eigenvalue weighted by atomic mass is 9.95. The van der Waals surface area contributed by atoms with Crippen LogP contribution in [0.15, 0.2) is 30.3 Å². The maximum absolute atomic E-state index is 12.5. The van der Waals surface area contributed by atoms with E-state index >= 15 is 0 Å². The Kier molecular flexibility index (Phi) is 5.33. The number of aliphatic carboxylic acids is 1. The highest BCUT2D eigenvalue weighted by Gasteiger charge is 2.35. The molecule has 2 fully saturated rings. The van der Waals surface area contributed by atoms with E-state index in [1.165, 1.54) is 5.56 Å². The van der Waals surface area contributed by atoms with Gasteiger partial charge in [-0.3, -0.25) is 9.59 Å². The molecule has 4 N–H and O–H groups in total. The summed E-state index contributed by atoms with van der Waals surface area (Å²) in [6, 6.07) is 8.50. The van der Waals surface area contributed by atoms with Crippen LogP contribution in [0.4, 0.5) is 0 Å². The summed E-state index contributed by atoms with van der Waals surface area (Å²) >= 11 is 0. The van der Waals surface area contributed by atoms with Gasteiger partial charge in [-0.2, -0.15) is 0 Å². The normalized spacial score (nSPS) is 26.9. The van der Waals surface area contributed by atoms with Crippen LogP contribution in [0, 0.1) is 5.92 Å². The zero-order valence-electron chi connectivity index (χ0n) is 13.9. The van der Waals surface area contributed by atoms with Gasteiger partial charge in [-0.1, -0.05) is 30.3 Å². The van der Waals surface area contributed by atoms with Gasteiger partial charge in [-0.15, -0.1) is 0 Å². The van der Waals surface area contributed by atoms with Crippen molar-refractivity contribution in [1.82, 2.24) is 16.0 Å². The molecule has 0 saturated carbocycles. The van der Waals surface area contributed by atoms with Crippen molar-refractivity contribution in [3.05, 3.63) is 35.9 Å². The molecule has 2 saturated heterocycles. The smallest absolute Gasteiger partial charge is 0.326 e. The molecule has 7 nitrogen and oxygen atoms in total. The molecule has 2 heterocycles. The van der Waals surface area contributed by atoms with Gasteiger partial charge in [0.2, 0.25) is 11.8 Å². The van der Waals surface area contributed by atoms with Crippen molar-refractivity contribution in [1.29, 1.82) is 0 Å². The Bertz CT molecular complexity index is 649. The quantitative estimate of drug-likeness (QED) is 0.590. The van der Waals surface area contributed by atoms with Gasteiger partial charge in [0.25, 0.3) is 0 Å². The number of carbonyl (C=O) groups excluding carboxylic acids is 2. The van der Waals surface area contributed by atoms with Crippen molar-refractivity contribution in [2.45, 2.75) is 37.3 Å². The molecule has 7 heteroatoms. The van der Waals surface area contributed by atoms with Gasteiger partial charge >= 0.3 is 5.97 Å². The molecule has 25 heavy (non-hydrogen) atoms. The third-order valence-electron chi connectivity index (χ3n) is 5.02. The molecule has 3 rings (SSSR count). The summed E-state index contributed by atoms with van der Waals surface area (Å²) in [5, 5.41) is 17.8. The Morgan fingerprint density at radius 3 is 2.68 bits per heavy atom. The SMILES string of the molecule is O=C1NCC[C@H]1C[C@H](NC(=O)[C@@H]1C[C@@H](c2ccccc2)CN1)C(=O)O. The molecule has 0 bridgehead atoms. The molecule has 1 aromatic carbocycles. The summed E-state index contributed by atoms with van der Waals surface area (Å²) in [5.74, 6) is -1.67. The van der Waals surface area contributed by atoms with Crippen LogP contribution in [0.1, 0.15) is 30.7 Å². The fourth-order valence-electron chi connectivity index (χ4n) is 3.56. The third-order valence-corrected chi connectivity index (χ3v) is 5.02. The van der Waals surface area contributed by atoms with Crippen molar-refractivity contribution in [2.75, 3.05) is 13.1 Å². The van der Waals surface area contributed by atoms with E-state index in [2.05, 4.69) is 16.0 Å². The third kappa shape index (κ3) is 4.17. The Morgan fingerprint density at radius 2 is 2.04 bits per heavy atom. The first-order valence-electron chi connectivity index (χ1n) is 8.64. The van der Waals surface area contributed by atoms with Crippen LogP contribution in [0.2, 0.25) is 0 Å². The van der Waals surface area contributed by atoms with E-state index in [0.29, 0.717) is 25.9 Å². The molecule has 2 aliphatic heterocycles. The molecular formula is C18H23N3O4. The van der Waals surface area contributed by atoms with Crippen LogP contribution >= 0.6 is 0 Å². The average Bonchev–Trinajstić information content (AvgIpc) is 3.24. The predicted octanol–water partition coefficient (Wildman–Crippen LogP) is 0.228. The molecule has 0 aliphatic carbocycles. The molecule has 1 aromatic rings. The first-order valence-corrected chi connectivity index (χ1v) is 8.64. The fourth-order valence-corrected chi connectivity index (χ4v) is 3.56. The summed E-state index contributed by atoms with van der Waals surface area (Å²) < 4.78 is 0. The summed E-state index contributed by atoms with van der Waals surface area (Å²) in [4.78, 5) is 35.6. The van der Waals surface area contributed by atoms with Crippen LogP contribution in [-0.4, -0.2) is 48.1 Å². The maximum atomic E-state index is 12.5. The summed E-state index contributed by atoms with van der Waals surface area (Å²) in [6.45, 7) is 1.25. The number of hydrogen-bond acceptors (Lipinski definition) is 4. The highest BCUT2D eigenvalue weighted by atomic mass is 16.4. The second-order valence-corrected chi connectivity index (χ2v) is 6.72. The first kappa shape index (κ1) is 17.4. The number of nitrogens with one attached hydrogen (secondary N) is 3. The van der Waals surface area contributed by atoms with Gasteiger partial charge < -0.3 is 21.1 Å². The highest BCUT2D eigenvalue weighted by molar-refractivity contribution is 5.88. The Morgan fingerprint density at radius 1 is 1.28 bits per heavy atom. The van der Waals surface area contributed by atoms with Gasteiger partial charge in [0.15, 0.2) is 0 Å². The largest absolute Gasteiger partial charge is 0.480 e. The standard InChI is InChI=1S/C18H23N3O4/c22-16-12(6-7-19-16)8-15(18(24)25)21-17(23)14-9-13(10-20-14)11-4-2-1-3-5-11/h1-5,12-15,20H,6-10H2,(H,19,22)(H,21,23)(H,24,25)/t12-,13+,14-,15-/m0/s1. The number of carboxylic acids is 1. The van der Waals surface area contributed by atoms with Gasteiger partial charge in [0.1, 0.15) is 6.04 Å². The number of carbonyl (C=O) groups is 3. The van der Waals surface area contributed by atoms with E-state index < -0.39 is 18.1 Å². The summed E-state index contributed by atoms with van der Waals surface area (Å²) in [6.07, 6.45) is 1.37. The van der Waals surface area contributed by atoms with Crippen LogP contribution in [0.25, 0.3) is 0 Å². The van der Waals surface area contributed by atoms with Crippen molar-refractivity contribution >= 4 is 17.8 Å². The van der Waals surface area contributed by atoms with Crippen LogP contribution < -0.4 is 16.0 Å². The van der Waals surface area contributed by atoms with Crippen LogP contribution in [0.5, 0.6) is 0 Å². The average molecular weight is 345 g/mol. The predicted molar refractivity (Wildman–Crippen MR) is 90.9 cm³/mol. The Labute approximate surface area is 146 Å². The molecule has 0 aromatic heterocycles. The monoisotopic (exact) mass is 345 g/mol. The minimum atomic E-state index is -1.11. The minimum absolute atomic E-state index is 0.127. The molecule has 0 spiro atoms. The number of amides is 2. The van der Waals surface area contributed by atoms with Crippen molar-refractivity contribution in [2.24, 2.45) is 5.92 Å². The molecule has 2 amide bonds. The number of benzene rings is 1. The molecule has 0 radical (unpaired) electrons. The second-order valence-electron chi connectivity index (χ2n) is 6.72. The maximum Gasteiger partial charge on any atom is 0.326 e. The van der Waals surface area contributed by atoms with E-state index in [4.69, 9.17) is 0 Å². The van der Waals surface area contributed by atoms with E-state index in [0.717, 1.165) is 0 Å². The summed E-state index contributed by atoms with van der Waals surface area (Å²) in [7, 11) is 0. The molecule has 134 valence electrons. The zero-order valence-corrected chi connectivity index (χ0v) is 13.9. The van der Waals surface area contributed by atoms with E-state index in [9.17, 15) is 19.5 Å². The van der Waals surface area contributed by atoms with Crippen molar-refractivity contribution < 1.29 is 19.5 Å². The zero-order chi connectivity index (χ0) is 17.8. The lowest BCUT2D eigenvalue weighted by Gasteiger charge is -2.19. The summed E-state index contributed by atoms with van der Waals surface area (Å²) in [5.41, 5.74) is 1.17. The van der Waals surface area contributed by atoms with Gasteiger partial charge in [-0.25, -0.2) is 4.79 Å². The van der Waals surface area contributed by atoms with E-state index in [1.54, 1.807) is 0 Å². The van der Waals surface area contributed by atoms with Gasteiger partial charge in [0.05, 0.1) is 6.04 Å². The lowest BCUT2D eigenvalue weighted by Crippen LogP contribution is -2.49. The number of rotatable bonds is 6. The van der Waals surface area contributed by atoms with Crippen molar-refractivity contribution in [3.63, 3.8) is 0 Å². The van der Waals surface area contributed by atoms with Crippen LogP contribution in [-0.2, 0) is 14.4 Å². The molecule has 4 atom stereocenters. The fraction of sp³-hybridized carbons (Fsp3) is 0.500. The number of carboxylic acid groups (broad SMARTS) is 1. The Hall–Kier alpha value is -2.41.